The number of ether oxygens (including phenoxy) is 5. The Balaban J connectivity index is 1.68. The molecule has 0 amide bonds. The van der Waals surface area contributed by atoms with Gasteiger partial charge >= 0.3 is 5.97 Å². The van der Waals surface area contributed by atoms with Gasteiger partial charge in [0.1, 0.15) is 12.4 Å². The first-order chi connectivity index (χ1) is 22.6. The van der Waals surface area contributed by atoms with Crippen LogP contribution in [0.3, 0.4) is 0 Å². The summed E-state index contributed by atoms with van der Waals surface area (Å²) in [4.78, 5) is 32.8. The number of nitrogens with zero attached hydrogens (tertiary/aromatic N) is 2. The molecule has 47 heavy (non-hydrogen) atoms. The highest BCUT2D eigenvalue weighted by atomic mass is 127. The topological polar surface area (TPSA) is 97.6 Å². The first-order valence-electron chi connectivity index (χ1n) is 14.8. The highest BCUT2D eigenvalue weighted by molar-refractivity contribution is 14.1. The van der Waals surface area contributed by atoms with Crippen molar-refractivity contribution in [3.63, 3.8) is 0 Å². The monoisotopic (exact) mass is 772 g/mol. The third kappa shape index (κ3) is 7.23. The minimum Gasteiger partial charge on any atom is -0.493 e. The highest BCUT2D eigenvalue weighted by Gasteiger charge is 2.34. The number of carbonyl (C=O) groups is 1. The maximum absolute atomic E-state index is 14.4. The van der Waals surface area contributed by atoms with E-state index in [4.69, 9.17) is 23.7 Å². The Labute approximate surface area is 289 Å². The second-order valence-electron chi connectivity index (χ2n) is 10.8. The molecule has 0 unspecified atom stereocenters. The second kappa shape index (κ2) is 14.7. The number of allylic oxidation sites excluding steroid dienone is 1. The quantitative estimate of drug-likeness (QED) is 0.138. The highest BCUT2D eigenvalue weighted by Crippen LogP contribution is 2.37. The van der Waals surface area contributed by atoms with Crippen LogP contribution in [0.4, 0.5) is 4.39 Å². The van der Waals surface area contributed by atoms with Crippen molar-refractivity contribution in [2.24, 2.45) is 4.99 Å². The summed E-state index contributed by atoms with van der Waals surface area (Å²) < 4.78 is 45.8. The fourth-order valence-electron chi connectivity index (χ4n) is 5.22. The van der Waals surface area contributed by atoms with Crippen LogP contribution in [-0.4, -0.2) is 37.5 Å². The van der Waals surface area contributed by atoms with Gasteiger partial charge in [0, 0.05) is 14.7 Å². The molecule has 0 radical (unpaired) electrons. The van der Waals surface area contributed by atoms with Crippen molar-refractivity contribution in [2.75, 3.05) is 20.8 Å². The zero-order chi connectivity index (χ0) is 33.8. The number of esters is 1. The average Bonchev–Trinajstić information content (AvgIpc) is 3.34. The Morgan fingerprint density at radius 1 is 1.09 bits per heavy atom. The van der Waals surface area contributed by atoms with Crippen molar-refractivity contribution in [2.45, 2.75) is 46.4 Å². The molecule has 3 aromatic carbocycles. The number of hydrogen-bond donors (Lipinski definition) is 0. The molecule has 12 heteroatoms. The van der Waals surface area contributed by atoms with E-state index in [-0.39, 0.29) is 36.3 Å². The van der Waals surface area contributed by atoms with Gasteiger partial charge in [-0.1, -0.05) is 35.6 Å². The summed E-state index contributed by atoms with van der Waals surface area (Å²) in [6.45, 7) is 7.38. The summed E-state index contributed by atoms with van der Waals surface area (Å²) in [5, 5.41) is 0. The summed E-state index contributed by atoms with van der Waals surface area (Å²) >= 11 is 3.34. The summed E-state index contributed by atoms with van der Waals surface area (Å²) in [7, 11) is 3.05. The number of thiazole rings is 1. The SMILES string of the molecule is CCOC(=O)C1=C(C)N=c2s/c(=C/c3cc(I)cc(OC)c3OCc3ccccc3F)c(=O)n2[C@H]1c1ccc(OC(C)C)c(OC)c1. The molecule has 0 spiro atoms. The van der Waals surface area contributed by atoms with Gasteiger partial charge in [-0.2, -0.15) is 0 Å². The predicted octanol–water partition coefficient (Wildman–Crippen LogP) is 5.93. The van der Waals surface area contributed by atoms with E-state index >= 15 is 0 Å². The van der Waals surface area contributed by atoms with Crippen LogP contribution in [0.15, 0.2) is 75.7 Å². The number of benzene rings is 3. The van der Waals surface area contributed by atoms with E-state index < -0.39 is 12.0 Å². The maximum Gasteiger partial charge on any atom is 0.338 e. The van der Waals surface area contributed by atoms with Crippen molar-refractivity contribution >= 4 is 46.0 Å². The van der Waals surface area contributed by atoms with Crippen LogP contribution >= 0.6 is 33.9 Å². The smallest absolute Gasteiger partial charge is 0.338 e. The summed E-state index contributed by atoms with van der Waals surface area (Å²) in [5.74, 6) is 0.820. The number of aromatic nitrogens is 1. The molecule has 2 heterocycles. The lowest BCUT2D eigenvalue weighted by Gasteiger charge is -2.25. The van der Waals surface area contributed by atoms with Gasteiger partial charge in [0.15, 0.2) is 27.8 Å². The molecule has 1 aliphatic heterocycles. The van der Waals surface area contributed by atoms with E-state index in [0.29, 0.717) is 54.7 Å². The number of rotatable bonds is 11. The number of fused-ring (bicyclic) bond motifs is 1. The first-order valence-corrected chi connectivity index (χ1v) is 16.7. The van der Waals surface area contributed by atoms with E-state index in [1.54, 1.807) is 62.4 Å². The first kappa shape index (κ1) is 34.2. The molecule has 0 bridgehead atoms. The molecule has 1 atom stereocenters. The fourth-order valence-corrected chi connectivity index (χ4v) is 6.88. The lowest BCUT2D eigenvalue weighted by molar-refractivity contribution is -0.139. The normalized spacial score (nSPS) is 14.5. The van der Waals surface area contributed by atoms with E-state index in [1.807, 2.05) is 19.9 Å². The standard InChI is InChI=1S/C35H34FIN2O7S/c1-7-44-34(41)30-20(4)38-35-39(31(30)21-12-13-26(46-19(2)3)27(15-21)42-5)33(40)29(47-35)16-23-14-24(37)17-28(43-6)32(23)45-18-22-10-8-9-11-25(22)36/h8-17,19,31H,7,18H2,1-6H3/b29-16+/t31-/m0/s1. The van der Waals surface area contributed by atoms with Gasteiger partial charge in [-0.15, -0.1) is 0 Å². The molecule has 1 aliphatic rings. The Hall–Kier alpha value is -4.17. The predicted molar refractivity (Wildman–Crippen MR) is 186 cm³/mol. The fraction of sp³-hybridized carbons (Fsp3) is 0.286. The molecule has 0 saturated heterocycles. The van der Waals surface area contributed by atoms with Crippen molar-refractivity contribution < 1.29 is 32.9 Å². The molecule has 0 fully saturated rings. The van der Waals surface area contributed by atoms with Gasteiger partial charge in [0.2, 0.25) is 0 Å². The summed E-state index contributed by atoms with van der Waals surface area (Å²) in [5.41, 5.74) is 1.87. The molecule has 5 rings (SSSR count). The Kier molecular flexibility index (Phi) is 10.7. The van der Waals surface area contributed by atoms with Gasteiger partial charge in [0.05, 0.1) is 48.8 Å². The molecule has 0 N–H and O–H groups in total. The van der Waals surface area contributed by atoms with Gasteiger partial charge in [-0.25, -0.2) is 14.2 Å². The van der Waals surface area contributed by atoms with E-state index in [1.165, 1.54) is 36.2 Å². The van der Waals surface area contributed by atoms with E-state index in [0.717, 1.165) is 3.57 Å². The molecular formula is C35H34FIN2O7S. The molecule has 0 aliphatic carbocycles. The van der Waals surface area contributed by atoms with Crippen molar-refractivity contribution in [1.29, 1.82) is 0 Å². The third-order valence-corrected chi connectivity index (χ3v) is 8.87. The van der Waals surface area contributed by atoms with Crippen LogP contribution in [0.1, 0.15) is 50.4 Å². The molecule has 246 valence electrons. The van der Waals surface area contributed by atoms with Crippen LogP contribution < -0.4 is 33.8 Å². The van der Waals surface area contributed by atoms with Crippen molar-refractivity contribution in [3.05, 3.63) is 112 Å². The molecule has 1 aromatic heterocycles. The summed E-state index contributed by atoms with van der Waals surface area (Å²) in [6.07, 6.45) is 1.61. The largest absolute Gasteiger partial charge is 0.493 e. The van der Waals surface area contributed by atoms with Gasteiger partial charge < -0.3 is 23.7 Å². The van der Waals surface area contributed by atoms with Crippen LogP contribution in [0.25, 0.3) is 6.08 Å². The lowest BCUT2D eigenvalue weighted by atomic mass is 9.95. The molecule has 9 nitrogen and oxygen atoms in total. The van der Waals surface area contributed by atoms with Crippen LogP contribution in [0.2, 0.25) is 0 Å². The summed E-state index contributed by atoms with van der Waals surface area (Å²) in [6, 6.07) is 14.5. The number of halogens is 2. The minimum absolute atomic E-state index is 0.0494. The van der Waals surface area contributed by atoms with Gasteiger partial charge in [-0.05, 0) is 92.3 Å². The minimum atomic E-state index is -0.850. The Bertz CT molecular complexity index is 2040. The third-order valence-electron chi connectivity index (χ3n) is 7.27. The van der Waals surface area contributed by atoms with E-state index in [2.05, 4.69) is 27.6 Å². The van der Waals surface area contributed by atoms with Crippen LogP contribution in [0, 0.1) is 9.39 Å². The number of methoxy groups -OCH3 is 2. The molecule has 0 saturated carbocycles. The number of carbonyl (C=O) groups excluding carboxylic acids is 1. The van der Waals surface area contributed by atoms with Gasteiger partial charge in [0.25, 0.3) is 5.56 Å². The van der Waals surface area contributed by atoms with Crippen LogP contribution in [-0.2, 0) is 16.1 Å². The zero-order valence-electron chi connectivity index (χ0n) is 26.8. The van der Waals surface area contributed by atoms with Crippen molar-refractivity contribution in [1.82, 2.24) is 4.57 Å². The second-order valence-corrected chi connectivity index (χ2v) is 13.0. The van der Waals surface area contributed by atoms with Gasteiger partial charge in [-0.3, -0.25) is 9.36 Å². The Morgan fingerprint density at radius 2 is 1.83 bits per heavy atom. The van der Waals surface area contributed by atoms with Crippen molar-refractivity contribution in [3.8, 4) is 23.0 Å². The van der Waals surface area contributed by atoms with E-state index in [9.17, 15) is 14.0 Å². The lowest BCUT2D eigenvalue weighted by Crippen LogP contribution is -2.40. The molecular weight excluding hydrogens is 738 g/mol. The zero-order valence-corrected chi connectivity index (χ0v) is 29.7. The Morgan fingerprint density at radius 3 is 2.51 bits per heavy atom. The average molecular weight is 773 g/mol. The number of hydrogen-bond acceptors (Lipinski definition) is 9. The molecule has 4 aromatic rings. The van der Waals surface area contributed by atoms with Crippen LogP contribution in [0.5, 0.6) is 23.0 Å². The maximum atomic E-state index is 14.4.